The highest BCUT2D eigenvalue weighted by atomic mass is 19.4. The first-order chi connectivity index (χ1) is 11.4. The number of unbranched alkanes of at least 4 members (excludes halogenated alkanes) is 1. The Morgan fingerprint density at radius 1 is 0.917 bits per heavy atom. The van der Waals surface area contributed by atoms with Crippen molar-refractivity contribution in [2.75, 3.05) is 6.54 Å². The van der Waals surface area contributed by atoms with Gasteiger partial charge in [0.2, 0.25) is 0 Å². The van der Waals surface area contributed by atoms with Gasteiger partial charge in [0.15, 0.2) is 0 Å². The smallest absolute Gasteiger partial charge is 0.416 e. The van der Waals surface area contributed by atoms with Gasteiger partial charge in [-0.3, -0.25) is 0 Å². The van der Waals surface area contributed by atoms with E-state index in [2.05, 4.69) is 0 Å². The number of alkyl halides is 3. The molecule has 1 atom stereocenters. The highest BCUT2D eigenvalue weighted by Crippen LogP contribution is 2.32. The maximum atomic E-state index is 13.1. The summed E-state index contributed by atoms with van der Waals surface area (Å²) in [7, 11) is 0. The second-order valence-corrected chi connectivity index (χ2v) is 5.46. The monoisotopic (exact) mass is 341 g/mol. The number of rotatable bonds is 7. The average molecular weight is 341 g/mol. The molecule has 0 aliphatic heterocycles. The molecule has 24 heavy (non-hydrogen) atoms. The van der Waals surface area contributed by atoms with Crippen molar-refractivity contribution in [2.45, 2.75) is 31.5 Å². The molecule has 0 aromatic heterocycles. The molecule has 0 aliphatic rings. The summed E-state index contributed by atoms with van der Waals surface area (Å²) < 4.78 is 56.7. The van der Waals surface area contributed by atoms with Crippen LogP contribution >= 0.6 is 0 Å². The summed E-state index contributed by atoms with van der Waals surface area (Å²) in [5.74, 6) is -0.0148. The Morgan fingerprint density at radius 3 is 2.08 bits per heavy atom. The van der Waals surface area contributed by atoms with Gasteiger partial charge < -0.3 is 10.5 Å². The fourth-order valence-electron chi connectivity index (χ4n) is 2.33. The molecule has 0 amide bonds. The normalized spacial score (nSPS) is 12.9. The van der Waals surface area contributed by atoms with Crippen molar-refractivity contribution in [1.82, 2.24) is 0 Å². The van der Waals surface area contributed by atoms with Crippen LogP contribution in [0.15, 0.2) is 48.5 Å². The molecule has 6 heteroatoms. The lowest BCUT2D eigenvalue weighted by Gasteiger charge is -2.20. The Morgan fingerprint density at radius 2 is 1.54 bits per heavy atom. The van der Waals surface area contributed by atoms with Gasteiger partial charge in [0.1, 0.15) is 17.7 Å². The Balaban J connectivity index is 2.13. The van der Waals surface area contributed by atoms with Crippen LogP contribution in [0.2, 0.25) is 0 Å². The van der Waals surface area contributed by atoms with Crippen LogP contribution in [0, 0.1) is 5.82 Å². The van der Waals surface area contributed by atoms with E-state index in [-0.39, 0.29) is 11.9 Å². The van der Waals surface area contributed by atoms with Crippen molar-refractivity contribution in [3.8, 4) is 5.75 Å². The van der Waals surface area contributed by atoms with Crippen LogP contribution in [0.4, 0.5) is 17.6 Å². The highest BCUT2D eigenvalue weighted by molar-refractivity contribution is 5.30. The molecule has 0 bridgehead atoms. The number of nitrogens with two attached hydrogens (primary N) is 1. The minimum atomic E-state index is -4.38. The Labute approximate surface area is 138 Å². The van der Waals surface area contributed by atoms with Gasteiger partial charge in [-0.25, -0.2) is 4.39 Å². The third-order valence-electron chi connectivity index (χ3n) is 3.62. The van der Waals surface area contributed by atoms with Crippen molar-refractivity contribution in [3.63, 3.8) is 0 Å². The molecule has 130 valence electrons. The number of ether oxygens (including phenoxy) is 1. The first kappa shape index (κ1) is 18.3. The predicted octanol–water partition coefficient (Wildman–Crippen LogP) is 5.09. The molecule has 0 spiro atoms. The summed E-state index contributed by atoms with van der Waals surface area (Å²) in [6, 6.07) is 10.5. The van der Waals surface area contributed by atoms with E-state index < -0.39 is 11.7 Å². The average Bonchev–Trinajstić information content (AvgIpc) is 2.54. The number of halogens is 4. The summed E-state index contributed by atoms with van der Waals surface area (Å²) in [5, 5.41) is 0. The Kier molecular flexibility index (Phi) is 6.20. The van der Waals surface area contributed by atoms with Crippen molar-refractivity contribution in [2.24, 2.45) is 5.73 Å². The van der Waals surface area contributed by atoms with E-state index >= 15 is 0 Å². The van der Waals surface area contributed by atoms with E-state index in [1.165, 1.54) is 24.3 Å². The second-order valence-electron chi connectivity index (χ2n) is 5.46. The predicted molar refractivity (Wildman–Crippen MR) is 84.1 cm³/mol. The van der Waals surface area contributed by atoms with Crippen LogP contribution in [-0.2, 0) is 6.18 Å². The van der Waals surface area contributed by atoms with Crippen molar-refractivity contribution < 1.29 is 22.3 Å². The molecule has 0 saturated heterocycles. The minimum absolute atomic E-state index is 0.338. The molecule has 0 fully saturated rings. The van der Waals surface area contributed by atoms with Crippen LogP contribution in [0.1, 0.15) is 36.5 Å². The van der Waals surface area contributed by atoms with E-state index in [0.29, 0.717) is 18.7 Å². The molecule has 0 radical (unpaired) electrons. The van der Waals surface area contributed by atoms with Gasteiger partial charge in [0.05, 0.1) is 5.56 Å². The molecule has 2 aromatic rings. The van der Waals surface area contributed by atoms with Gasteiger partial charge in [0, 0.05) is 0 Å². The van der Waals surface area contributed by atoms with Crippen molar-refractivity contribution in [1.29, 1.82) is 0 Å². The zero-order chi connectivity index (χ0) is 17.6. The van der Waals surface area contributed by atoms with Gasteiger partial charge in [0.25, 0.3) is 0 Å². The first-order valence-electron chi connectivity index (χ1n) is 7.69. The molecule has 1 unspecified atom stereocenters. The minimum Gasteiger partial charge on any atom is -0.486 e. The SMILES string of the molecule is NCCCCC(Oc1ccc(C(F)(F)F)cc1)c1ccc(F)cc1. The number of hydrogen-bond donors (Lipinski definition) is 1. The van der Waals surface area contributed by atoms with Crippen LogP contribution in [0.3, 0.4) is 0 Å². The third kappa shape index (κ3) is 5.23. The van der Waals surface area contributed by atoms with E-state index in [9.17, 15) is 17.6 Å². The summed E-state index contributed by atoms with van der Waals surface area (Å²) in [4.78, 5) is 0. The first-order valence-corrected chi connectivity index (χ1v) is 7.69. The molecule has 0 saturated carbocycles. The molecule has 2 N–H and O–H groups in total. The standard InChI is InChI=1S/C18H19F4NO/c19-15-8-4-13(5-9-15)17(3-1-2-12-23)24-16-10-6-14(7-11-16)18(20,21)22/h4-11,17H,1-3,12,23H2. The Bertz CT molecular complexity index is 623. The van der Waals surface area contributed by atoms with Gasteiger partial charge in [-0.1, -0.05) is 12.1 Å². The van der Waals surface area contributed by atoms with Crippen LogP contribution in [0.5, 0.6) is 5.75 Å². The van der Waals surface area contributed by atoms with E-state index in [1.807, 2.05) is 0 Å². The van der Waals surface area contributed by atoms with Gasteiger partial charge in [-0.15, -0.1) is 0 Å². The zero-order valence-electron chi connectivity index (χ0n) is 13.0. The van der Waals surface area contributed by atoms with E-state index in [1.54, 1.807) is 12.1 Å². The van der Waals surface area contributed by atoms with Crippen LogP contribution < -0.4 is 10.5 Å². The lowest BCUT2D eigenvalue weighted by atomic mass is 10.0. The maximum absolute atomic E-state index is 13.1. The molecule has 0 heterocycles. The molecule has 2 rings (SSSR count). The quantitative estimate of drug-likeness (QED) is 0.562. The topological polar surface area (TPSA) is 35.2 Å². The lowest BCUT2D eigenvalue weighted by Crippen LogP contribution is -2.10. The number of benzene rings is 2. The molecule has 2 aromatic carbocycles. The Hall–Kier alpha value is -2.08. The molecular weight excluding hydrogens is 322 g/mol. The molecule has 2 nitrogen and oxygen atoms in total. The molecule has 0 aliphatic carbocycles. The van der Waals surface area contributed by atoms with E-state index in [0.717, 1.165) is 30.5 Å². The van der Waals surface area contributed by atoms with Gasteiger partial charge >= 0.3 is 6.18 Å². The summed E-state index contributed by atoms with van der Waals surface area (Å²) in [5.41, 5.74) is 5.53. The van der Waals surface area contributed by atoms with Crippen LogP contribution in [-0.4, -0.2) is 6.54 Å². The largest absolute Gasteiger partial charge is 0.486 e. The fourth-order valence-corrected chi connectivity index (χ4v) is 2.33. The third-order valence-corrected chi connectivity index (χ3v) is 3.62. The van der Waals surface area contributed by atoms with Crippen LogP contribution in [0.25, 0.3) is 0 Å². The van der Waals surface area contributed by atoms with E-state index in [4.69, 9.17) is 10.5 Å². The second kappa shape index (κ2) is 8.15. The van der Waals surface area contributed by atoms with Gasteiger partial charge in [-0.05, 0) is 67.8 Å². The maximum Gasteiger partial charge on any atom is 0.416 e. The lowest BCUT2D eigenvalue weighted by molar-refractivity contribution is -0.137. The fraction of sp³-hybridized carbons (Fsp3) is 0.333. The van der Waals surface area contributed by atoms with Gasteiger partial charge in [-0.2, -0.15) is 13.2 Å². The van der Waals surface area contributed by atoms with Crippen molar-refractivity contribution in [3.05, 3.63) is 65.5 Å². The molecular formula is C18H19F4NO. The summed E-state index contributed by atoms with van der Waals surface area (Å²) >= 11 is 0. The van der Waals surface area contributed by atoms with Crippen molar-refractivity contribution >= 4 is 0 Å². The highest BCUT2D eigenvalue weighted by Gasteiger charge is 2.30. The summed E-state index contributed by atoms with van der Waals surface area (Å²) in [6.45, 7) is 0.552. The summed E-state index contributed by atoms with van der Waals surface area (Å²) in [6.07, 6.45) is -2.48. The zero-order valence-corrected chi connectivity index (χ0v) is 13.0. The number of hydrogen-bond acceptors (Lipinski definition) is 2.